The third kappa shape index (κ3) is 6.46. The molecule has 160 valence electrons. The molecule has 0 radical (unpaired) electrons. The van der Waals surface area contributed by atoms with Gasteiger partial charge in [-0.1, -0.05) is 43.7 Å². The molecule has 2 N–H and O–H groups in total. The molecule has 2 aliphatic heterocycles. The standard InChI is InChI=1S/C23H36N4O2/c1-2-3-11-25-23(29)27-17-20(19-9-5-4-6-10-19)16-21(18-27)22(28)24-12-15-26-13-7-8-14-26/h4-6,9-10,20-21H,2-3,7-8,11-18H2,1H3,(H,24,28)(H,25,29)/t20-,21-/m0/s1. The second kappa shape index (κ2) is 11.2. The van der Waals surface area contributed by atoms with E-state index in [0.717, 1.165) is 38.9 Å². The molecule has 3 rings (SSSR count). The van der Waals surface area contributed by atoms with E-state index in [1.165, 1.54) is 18.4 Å². The molecule has 0 bridgehead atoms. The molecule has 29 heavy (non-hydrogen) atoms. The number of benzene rings is 1. The van der Waals surface area contributed by atoms with E-state index < -0.39 is 0 Å². The second-order valence-electron chi connectivity index (χ2n) is 8.37. The van der Waals surface area contributed by atoms with Crippen molar-refractivity contribution in [3.63, 3.8) is 0 Å². The van der Waals surface area contributed by atoms with Crippen molar-refractivity contribution in [2.75, 3.05) is 45.8 Å². The highest BCUT2D eigenvalue weighted by Crippen LogP contribution is 2.30. The molecule has 0 aliphatic carbocycles. The fourth-order valence-electron chi connectivity index (χ4n) is 4.39. The molecule has 2 atom stereocenters. The van der Waals surface area contributed by atoms with Gasteiger partial charge < -0.3 is 20.4 Å². The summed E-state index contributed by atoms with van der Waals surface area (Å²) in [6.45, 7) is 7.85. The second-order valence-corrected chi connectivity index (χ2v) is 8.37. The number of rotatable bonds is 8. The average molecular weight is 401 g/mol. The number of nitrogens with one attached hydrogen (secondary N) is 2. The zero-order valence-electron chi connectivity index (χ0n) is 17.7. The van der Waals surface area contributed by atoms with Gasteiger partial charge in [0.1, 0.15) is 0 Å². The number of amides is 3. The van der Waals surface area contributed by atoms with E-state index in [1.54, 1.807) is 0 Å². The SMILES string of the molecule is CCCCNC(=O)N1C[C@@H](C(=O)NCCN2CCCC2)C[C@H](c2ccccc2)C1. The van der Waals surface area contributed by atoms with Crippen LogP contribution in [0, 0.1) is 5.92 Å². The first kappa shape index (κ1) is 21.6. The highest BCUT2D eigenvalue weighted by atomic mass is 16.2. The van der Waals surface area contributed by atoms with Crippen molar-refractivity contribution < 1.29 is 9.59 Å². The number of piperidine rings is 1. The number of unbranched alkanes of at least 4 members (excludes halogenated alkanes) is 1. The van der Waals surface area contributed by atoms with E-state index in [-0.39, 0.29) is 23.8 Å². The van der Waals surface area contributed by atoms with Gasteiger partial charge in [-0.25, -0.2) is 4.79 Å². The maximum absolute atomic E-state index is 12.9. The minimum absolute atomic E-state index is 0.0473. The Morgan fingerprint density at radius 2 is 1.79 bits per heavy atom. The largest absolute Gasteiger partial charge is 0.355 e. The molecular weight excluding hydrogens is 364 g/mol. The van der Waals surface area contributed by atoms with Gasteiger partial charge in [0.2, 0.25) is 5.91 Å². The van der Waals surface area contributed by atoms with Crippen LogP contribution in [-0.2, 0) is 4.79 Å². The fraction of sp³-hybridized carbons (Fsp3) is 0.652. The number of likely N-dealkylation sites (tertiary alicyclic amines) is 2. The molecule has 6 heteroatoms. The monoisotopic (exact) mass is 400 g/mol. The van der Waals surface area contributed by atoms with Crippen LogP contribution in [0.3, 0.4) is 0 Å². The number of urea groups is 1. The molecule has 0 unspecified atom stereocenters. The highest BCUT2D eigenvalue weighted by molar-refractivity contribution is 5.81. The molecule has 0 saturated carbocycles. The Bertz CT molecular complexity index is 646. The highest BCUT2D eigenvalue weighted by Gasteiger charge is 2.34. The minimum Gasteiger partial charge on any atom is -0.355 e. The molecule has 0 aromatic heterocycles. The Labute approximate surface area is 175 Å². The Balaban J connectivity index is 1.59. The Kier molecular flexibility index (Phi) is 8.35. The van der Waals surface area contributed by atoms with E-state index in [0.29, 0.717) is 26.2 Å². The van der Waals surface area contributed by atoms with Crippen LogP contribution >= 0.6 is 0 Å². The topological polar surface area (TPSA) is 64.7 Å². The summed E-state index contributed by atoms with van der Waals surface area (Å²) in [5.41, 5.74) is 1.20. The lowest BCUT2D eigenvalue weighted by molar-refractivity contribution is -0.126. The van der Waals surface area contributed by atoms with Crippen LogP contribution in [0.4, 0.5) is 4.79 Å². The lowest BCUT2D eigenvalue weighted by Gasteiger charge is -2.37. The first-order chi connectivity index (χ1) is 14.2. The van der Waals surface area contributed by atoms with Crippen molar-refractivity contribution in [1.29, 1.82) is 0 Å². The number of carbonyl (C=O) groups is 2. The molecule has 2 saturated heterocycles. The van der Waals surface area contributed by atoms with E-state index in [4.69, 9.17) is 0 Å². The van der Waals surface area contributed by atoms with Crippen molar-refractivity contribution in [1.82, 2.24) is 20.4 Å². The lowest BCUT2D eigenvalue weighted by atomic mass is 9.84. The van der Waals surface area contributed by atoms with Gasteiger partial charge in [-0.05, 0) is 44.3 Å². The maximum Gasteiger partial charge on any atom is 0.317 e. The fourth-order valence-corrected chi connectivity index (χ4v) is 4.39. The number of hydrogen-bond donors (Lipinski definition) is 2. The quantitative estimate of drug-likeness (QED) is 0.660. The Morgan fingerprint density at radius 1 is 1.03 bits per heavy atom. The van der Waals surface area contributed by atoms with Crippen LogP contribution in [0.1, 0.15) is 50.5 Å². The summed E-state index contributed by atoms with van der Waals surface area (Å²) < 4.78 is 0. The van der Waals surface area contributed by atoms with Gasteiger partial charge in [-0.2, -0.15) is 0 Å². The Hall–Kier alpha value is -2.08. The van der Waals surface area contributed by atoms with Crippen LogP contribution < -0.4 is 10.6 Å². The van der Waals surface area contributed by atoms with Crippen molar-refractivity contribution >= 4 is 11.9 Å². The molecule has 3 amide bonds. The summed E-state index contributed by atoms with van der Waals surface area (Å²) >= 11 is 0. The maximum atomic E-state index is 12.9. The Morgan fingerprint density at radius 3 is 2.52 bits per heavy atom. The molecule has 0 spiro atoms. The van der Waals surface area contributed by atoms with Crippen LogP contribution in [0.15, 0.2) is 30.3 Å². The van der Waals surface area contributed by atoms with E-state index in [9.17, 15) is 9.59 Å². The van der Waals surface area contributed by atoms with E-state index in [2.05, 4.69) is 34.6 Å². The summed E-state index contributed by atoms with van der Waals surface area (Å²) in [4.78, 5) is 29.8. The minimum atomic E-state index is -0.163. The molecule has 2 fully saturated rings. The van der Waals surface area contributed by atoms with Crippen LogP contribution in [0.5, 0.6) is 0 Å². The molecule has 2 heterocycles. The van der Waals surface area contributed by atoms with Crippen LogP contribution in [0.2, 0.25) is 0 Å². The summed E-state index contributed by atoms with van der Waals surface area (Å²) in [6.07, 6.45) is 5.34. The van der Waals surface area contributed by atoms with Gasteiger partial charge in [0.25, 0.3) is 0 Å². The van der Waals surface area contributed by atoms with Crippen molar-refractivity contribution in [2.45, 2.75) is 44.9 Å². The van der Waals surface area contributed by atoms with Crippen LogP contribution in [-0.4, -0.2) is 67.6 Å². The van der Waals surface area contributed by atoms with Gasteiger partial charge in [0.05, 0.1) is 5.92 Å². The molecule has 2 aliphatic rings. The van der Waals surface area contributed by atoms with Crippen molar-refractivity contribution in [3.8, 4) is 0 Å². The molecule has 1 aromatic carbocycles. The van der Waals surface area contributed by atoms with Gasteiger partial charge in [-0.15, -0.1) is 0 Å². The average Bonchev–Trinajstić information content (AvgIpc) is 3.27. The van der Waals surface area contributed by atoms with Crippen molar-refractivity contribution in [2.24, 2.45) is 5.92 Å². The third-order valence-corrected chi connectivity index (χ3v) is 6.11. The smallest absolute Gasteiger partial charge is 0.317 e. The first-order valence-electron chi connectivity index (χ1n) is 11.2. The van der Waals surface area contributed by atoms with Crippen LogP contribution in [0.25, 0.3) is 0 Å². The molecule has 1 aromatic rings. The summed E-state index contributed by atoms with van der Waals surface area (Å²) in [5.74, 6) is 0.108. The van der Waals surface area contributed by atoms with E-state index in [1.807, 2.05) is 23.1 Å². The predicted molar refractivity (Wildman–Crippen MR) is 116 cm³/mol. The summed E-state index contributed by atoms with van der Waals surface area (Å²) in [7, 11) is 0. The number of nitrogens with zero attached hydrogens (tertiary/aromatic N) is 2. The lowest BCUT2D eigenvalue weighted by Crippen LogP contribution is -2.51. The van der Waals surface area contributed by atoms with Gasteiger partial charge >= 0.3 is 6.03 Å². The zero-order chi connectivity index (χ0) is 20.5. The third-order valence-electron chi connectivity index (χ3n) is 6.11. The number of hydrogen-bond acceptors (Lipinski definition) is 3. The van der Waals surface area contributed by atoms with Gasteiger partial charge in [0, 0.05) is 38.6 Å². The zero-order valence-corrected chi connectivity index (χ0v) is 17.7. The predicted octanol–water partition coefficient (Wildman–Crippen LogP) is 2.81. The normalized spacial score (nSPS) is 22.4. The van der Waals surface area contributed by atoms with E-state index >= 15 is 0 Å². The summed E-state index contributed by atoms with van der Waals surface area (Å²) in [5, 5.41) is 6.14. The van der Waals surface area contributed by atoms with Crippen molar-refractivity contribution in [3.05, 3.63) is 35.9 Å². The molecule has 6 nitrogen and oxygen atoms in total. The summed E-state index contributed by atoms with van der Waals surface area (Å²) in [6, 6.07) is 10.2. The molecular formula is C23H36N4O2. The number of carbonyl (C=O) groups excluding carboxylic acids is 2. The first-order valence-corrected chi connectivity index (χ1v) is 11.2. The van der Waals surface area contributed by atoms with Gasteiger partial charge in [0.15, 0.2) is 0 Å². The van der Waals surface area contributed by atoms with Gasteiger partial charge in [-0.3, -0.25) is 4.79 Å².